The molecule has 1 fully saturated rings. The molecule has 0 unspecified atom stereocenters. The molecule has 1 N–H and O–H groups in total. The van der Waals surface area contributed by atoms with E-state index >= 15 is 0 Å². The van der Waals surface area contributed by atoms with Crippen LogP contribution < -0.4 is 5.32 Å². The number of rotatable bonds is 3. The quantitative estimate of drug-likeness (QED) is 0.850. The van der Waals surface area contributed by atoms with E-state index in [-0.39, 0.29) is 5.54 Å². The van der Waals surface area contributed by atoms with E-state index in [4.69, 9.17) is 0 Å². The van der Waals surface area contributed by atoms with Gasteiger partial charge >= 0.3 is 0 Å². The van der Waals surface area contributed by atoms with E-state index in [0.717, 1.165) is 0 Å². The molecule has 0 aromatic carbocycles. The summed E-state index contributed by atoms with van der Waals surface area (Å²) in [5.41, 5.74) is 1.32. The third-order valence-corrected chi connectivity index (χ3v) is 3.60. The third-order valence-electron chi connectivity index (χ3n) is 3.60. The molecule has 2 rings (SSSR count). The first-order valence-corrected chi connectivity index (χ1v) is 6.35. The van der Waals surface area contributed by atoms with Gasteiger partial charge in [0, 0.05) is 30.4 Å². The summed E-state index contributed by atoms with van der Waals surface area (Å²) in [4.78, 5) is 0. The van der Waals surface area contributed by atoms with Gasteiger partial charge in [-0.3, -0.25) is 4.68 Å². The number of nitrogens with zero attached hydrogens (tertiary/aromatic N) is 2. The molecule has 3 heteroatoms. The van der Waals surface area contributed by atoms with Crippen molar-refractivity contribution >= 4 is 0 Å². The smallest absolute Gasteiger partial charge is 0.0540 e. The summed E-state index contributed by atoms with van der Waals surface area (Å²) >= 11 is 0. The Kier molecular flexibility index (Phi) is 3.33. The largest absolute Gasteiger partial charge is 0.305 e. The Morgan fingerprint density at radius 2 is 2.00 bits per heavy atom. The van der Waals surface area contributed by atoms with Crippen molar-refractivity contribution in [3.05, 3.63) is 18.0 Å². The van der Waals surface area contributed by atoms with Gasteiger partial charge in [0.05, 0.1) is 6.20 Å². The first kappa shape index (κ1) is 11.6. The number of aromatic nitrogens is 2. The summed E-state index contributed by atoms with van der Waals surface area (Å²) in [6, 6.07) is 0.684. The van der Waals surface area contributed by atoms with Gasteiger partial charge in [-0.2, -0.15) is 5.10 Å². The van der Waals surface area contributed by atoms with E-state index in [9.17, 15) is 0 Å². The minimum Gasteiger partial charge on any atom is -0.305 e. The van der Waals surface area contributed by atoms with Crippen molar-refractivity contribution in [3.63, 3.8) is 0 Å². The molecule has 1 aliphatic carbocycles. The van der Waals surface area contributed by atoms with Crippen LogP contribution in [0.4, 0.5) is 0 Å². The van der Waals surface area contributed by atoms with Gasteiger partial charge in [0.25, 0.3) is 0 Å². The Labute approximate surface area is 98.2 Å². The van der Waals surface area contributed by atoms with Gasteiger partial charge in [-0.15, -0.1) is 0 Å². The Morgan fingerprint density at radius 1 is 1.31 bits per heavy atom. The van der Waals surface area contributed by atoms with Gasteiger partial charge in [-0.05, 0) is 26.7 Å². The van der Waals surface area contributed by atoms with Crippen LogP contribution in [0.15, 0.2) is 12.4 Å². The van der Waals surface area contributed by atoms with Crippen molar-refractivity contribution in [1.29, 1.82) is 0 Å². The zero-order valence-electron chi connectivity index (χ0n) is 10.7. The lowest BCUT2D eigenvalue weighted by Gasteiger charge is -2.33. The highest BCUT2D eigenvalue weighted by Crippen LogP contribution is 2.25. The number of aryl methyl sites for hydroxylation is 1. The molecule has 1 saturated carbocycles. The highest BCUT2D eigenvalue weighted by molar-refractivity contribution is 5.15. The first-order valence-electron chi connectivity index (χ1n) is 6.35. The van der Waals surface area contributed by atoms with E-state index in [2.05, 4.69) is 30.5 Å². The molecule has 90 valence electrons. The lowest BCUT2D eigenvalue weighted by molar-refractivity contribution is 0.283. The standard InChI is InChI=1S/C13H23N3/c1-13(2,11-9-14-16(3)10-11)15-12-7-5-4-6-8-12/h9-10,12,15H,4-8H2,1-3H3. The molecule has 16 heavy (non-hydrogen) atoms. The molecule has 0 atom stereocenters. The Morgan fingerprint density at radius 3 is 2.56 bits per heavy atom. The molecule has 0 aliphatic heterocycles. The summed E-state index contributed by atoms with van der Waals surface area (Å²) in [6.45, 7) is 4.50. The number of nitrogens with one attached hydrogen (secondary N) is 1. The van der Waals surface area contributed by atoms with Crippen molar-refractivity contribution in [2.24, 2.45) is 7.05 Å². The van der Waals surface area contributed by atoms with Crippen molar-refractivity contribution in [2.75, 3.05) is 0 Å². The summed E-state index contributed by atoms with van der Waals surface area (Å²) in [5.74, 6) is 0. The Balaban J connectivity index is 2.01. The van der Waals surface area contributed by atoms with Gasteiger partial charge in [-0.25, -0.2) is 0 Å². The fourth-order valence-electron chi connectivity index (χ4n) is 2.58. The second-order valence-electron chi connectivity index (χ2n) is 5.51. The maximum absolute atomic E-state index is 4.25. The monoisotopic (exact) mass is 221 g/mol. The molecule has 0 saturated heterocycles. The van der Waals surface area contributed by atoms with Gasteiger partial charge in [0.15, 0.2) is 0 Å². The average Bonchev–Trinajstić information content (AvgIpc) is 2.66. The number of hydrogen-bond acceptors (Lipinski definition) is 2. The highest BCUT2D eigenvalue weighted by atomic mass is 15.2. The van der Waals surface area contributed by atoms with Crippen molar-refractivity contribution in [3.8, 4) is 0 Å². The number of hydrogen-bond donors (Lipinski definition) is 1. The maximum atomic E-state index is 4.25. The molecule has 3 nitrogen and oxygen atoms in total. The maximum Gasteiger partial charge on any atom is 0.0540 e. The summed E-state index contributed by atoms with van der Waals surface area (Å²) in [7, 11) is 1.97. The average molecular weight is 221 g/mol. The van der Waals surface area contributed by atoms with Gasteiger partial charge in [-0.1, -0.05) is 19.3 Å². The first-order chi connectivity index (χ1) is 7.58. The minimum absolute atomic E-state index is 0.0380. The second-order valence-corrected chi connectivity index (χ2v) is 5.51. The molecule has 1 aromatic heterocycles. The third kappa shape index (κ3) is 2.64. The van der Waals surface area contributed by atoms with Crippen LogP contribution in [0.1, 0.15) is 51.5 Å². The van der Waals surface area contributed by atoms with Crippen LogP contribution in [0.25, 0.3) is 0 Å². The van der Waals surface area contributed by atoms with Crippen LogP contribution >= 0.6 is 0 Å². The molecule has 1 heterocycles. The van der Waals surface area contributed by atoms with Crippen LogP contribution in [-0.4, -0.2) is 15.8 Å². The zero-order valence-corrected chi connectivity index (χ0v) is 10.7. The van der Waals surface area contributed by atoms with Crippen LogP contribution in [0.2, 0.25) is 0 Å². The van der Waals surface area contributed by atoms with Crippen LogP contribution in [0, 0.1) is 0 Å². The van der Waals surface area contributed by atoms with E-state index in [1.807, 2.05) is 17.9 Å². The van der Waals surface area contributed by atoms with Crippen LogP contribution in [0.5, 0.6) is 0 Å². The van der Waals surface area contributed by atoms with Crippen molar-refractivity contribution in [1.82, 2.24) is 15.1 Å². The fourth-order valence-corrected chi connectivity index (χ4v) is 2.58. The zero-order chi connectivity index (χ0) is 11.6. The molecular weight excluding hydrogens is 198 g/mol. The SMILES string of the molecule is Cn1cc(C(C)(C)NC2CCCCC2)cn1. The predicted molar refractivity (Wildman–Crippen MR) is 66.2 cm³/mol. The van der Waals surface area contributed by atoms with E-state index in [1.54, 1.807) is 0 Å². The van der Waals surface area contributed by atoms with E-state index in [1.165, 1.54) is 37.7 Å². The molecule has 0 bridgehead atoms. The Bertz CT molecular complexity index is 335. The molecule has 0 radical (unpaired) electrons. The molecule has 0 amide bonds. The summed E-state index contributed by atoms with van der Waals surface area (Å²) in [5, 5.41) is 8.02. The van der Waals surface area contributed by atoms with Gasteiger partial charge in [0.2, 0.25) is 0 Å². The molecule has 1 aliphatic rings. The normalized spacial score (nSPS) is 18.9. The van der Waals surface area contributed by atoms with Crippen molar-refractivity contribution < 1.29 is 0 Å². The fraction of sp³-hybridized carbons (Fsp3) is 0.769. The van der Waals surface area contributed by atoms with Gasteiger partial charge in [0.1, 0.15) is 0 Å². The molecular formula is C13H23N3. The van der Waals surface area contributed by atoms with Crippen LogP contribution in [0.3, 0.4) is 0 Å². The molecule has 0 spiro atoms. The summed E-state index contributed by atoms with van der Waals surface area (Å²) < 4.78 is 1.87. The summed E-state index contributed by atoms with van der Waals surface area (Å²) in [6.07, 6.45) is 10.9. The minimum atomic E-state index is 0.0380. The van der Waals surface area contributed by atoms with Gasteiger partial charge < -0.3 is 5.32 Å². The Hall–Kier alpha value is -0.830. The molecule has 1 aromatic rings. The predicted octanol–water partition coefficient (Wildman–Crippen LogP) is 2.58. The topological polar surface area (TPSA) is 29.9 Å². The van der Waals surface area contributed by atoms with E-state index < -0.39 is 0 Å². The van der Waals surface area contributed by atoms with Crippen molar-refractivity contribution in [2.45, 2.75) is 57.5 Å². The highest BCUT2D eigenvalue weighted by Gasteiger charge is 2.26. The lowest BCUT2D eigenvalue weighted by Crippen LogP contribution is -2.44. The lowest BCUT2D eigenvalue weighted by atomic mass is 9.90. The second kappa shape index (κ2) is 4.58. The van der Waals surface area contributed by atoms with Crippen LogP contribution in [-0.2, 0) is 12.6 Å². The van der Waals surface area contributed by atoms with E-state index in [0.29, 0.717) is 6.04 Å².